The normalized spacial score (nSPS) is 20.1. The number of amides is 1. The van der Waals surface area contributed by atoms with Gasteiger partial charge in [0.1, 0.15) is 5.60 Å². The number of esters is 1. The third kappa shape index (κ3) is 2.71. The minimum absolute atomic E-state index is 0.118. The fourth-order valence-electron chi connectivity index (χ4n) is 2.99. The quantitative estimate of drug-likeness (QED) is 0.880. The van der Waals surface area contributed by atoms with Gasteiger partial charge in [-0.05, 0) is 31.4 Å². The fourth-order valence-corrected chi connectivity index (χ4v) is 2.99. The molecule has 1 saturated heterocycles. The molecule has 1 atom stereocenters. The summed E-state index contributed by atoms with van der Waals surface area (Å²) >= 11 is 0. The number of nitrogens with zero attached hydrogens (tertiary/aromatic N) is 1. The monoisotopic (exact) mass is 300 g/mol. The number of aromatic nitrogens is 1. The van der Waals surface area contributed by atoms with Crippen LogP contribution in [-0.4, -0.2) is 28.6 Å². The Balaban J connectivity index is 1.59. The Hall–Kier alpha value is -2.30. The molecule has 1 aliphatic heterocycles. The standard InChI is InChI=1S/C17H20N2O3/c1-17(2)13(11-15(20)22-17)16(21)18-8-10-19-9-7-12-5-3-4-6-14(12)19/h3-7,9,13H,8,10-11H2,1-2H3,(H,18,21). The Morgan fingerprint density at radius 2 is 2.14 bits per heavy atom. The van der Waals surface area contributed by atoms with E-state index in [9.17, 15) is 9.59 Å². The highest BCUT2D eigenvalue weighted by molar-refractivity contribution is 5.87. The highest BCUT2D eigenvalue weighted by Gasteiger charge is 2.45. The van der Waals surface area contributed by atoms with Gasteiger partial charge in [0.05, 0.1) is 12.3 Å². The number of ether oxygens (including phenoxy) is 1. The van der Waals surface area contributed by atoms with Gasteiger partial charge in [0.2, 0.25) is 5.91 Å². The van der Waals surface area contributed by atoms with Gasteiger partial charge in [0, 0.05) is 24.8 Å². The zero-order valence-electron chi connectivity index (χ0n) is 12.8. The average Bonchev–Trinajstić information content (AvgIpc) is 2.99. The largest absolute Gasteiger partial charge is 0.459 e. The number of para-hydroxylation sites is 1. The first kappa shape index (κ1) is 14.6. The first-order valence-electron chi connectivity index (χ1n) is 7.51. The molecule has 0 saturated carbocycles. The summed E-state index contributed by atoms with van der Waals surface area (Å²) in [5.74, 6) is -0.838. The highest BCUT2D eigenvalue weighted by atomic mass is 16.6. The van der Waals surface area contributed by atoms with Crippen LogP contribution in [0.5, 0.6) is 0 Å². The molecule has 0 radical (unpaired) electrons. The number of nitrogens with one attached hydrogen (secondary N) is 1. The third-order valence-electron chi connectivity index (χ3n) is 4.24. The zero-order chi connectivity index (χ0) is 15.7. The minimum Gasteiger partial charge on any atom is -0.459 e. The number of rotatable bonds is 4. The summed E-state index contributed by atoms with van der Waals surface area (Å²) in [6.07, 6.45) is 2.17. The number of benzene rings is 1. The first-order chi connectivity index (χ1) is 10.5. The molecule has 116 valence electrons. The predicted octanol–water partition coefficient (Wildman–Crippen LogP) is 2.10. The lowest BCUT2D eigenvalue weighted by Gasteiger charge is -2.23. The van der Waals surface area contributed by atoms with Crippen molar-refractivity contribution in [3.8, 4) is 0 Å². The average molecular weight is 300 g/mol. The predicted molar refractivity (Wildman–Crippen MR) is 83.2 cm³/mol. The molecule has 0 bridgehead atoms. The smallest absolute Gasteiger partial charge is 0.307 e. The Morgan fingerprint density at radius 1 is 1.36 bits per heavy atom. The van der Waals surface area contributed by atoms with Crippen LogP contribution in [0.1, 0.15) is 20.3 Å². The summed E-state index contributed by atoms with van der Waals surface area (Å²) in [5.41, 5.74) is 0.429. The summed E-state index contributed by atoms with van der Waals surface area (Å²) < 4.78 is 7.30. The number of carbonyl (C=O) groups is 2. The van der Waals surface area contributed by atoms with Crippen LogP contribution in [0.3, 0.4) is 0 Å². The summed E-state index contributed by atoms with van der Waals surface area (Å²) in [6, 6.07) is 10.2. The molecule has 2 aromatic rings. The molecule has 2 heterocycles. The molecule has 1 fully saturated rings. The SMILES string of the molecule is CC1(C)OC(=O)CC1C(=O)NCCn1ccc2ccccc21. The molecule has 1 amide bonds. The van der Waals surface area contributed by atoms with Gasteiger partial charge in [0.15, 0.2) is 0 Å². The van der Waals surface area contributed by atoms with Crippen LogP contribution in [0, 0.1) is 5.92 Å². The molecule has 0 aliphatic carbocycles. The van der Waals surface area contributed by atoms with Crippen molar-refractivity contribution in [3.05, 3.63) is 36.5 Å². The van der Waals surface area contributed by atoms with E-state index < -0.39 is 11.5 Å². The van der Waals surface area contributed by atoms with E-state index in [1.807, 2.05) is 18.3 Å². The minimum atomic E-state index is -0.721. The van der Waals surface area contributed by atoms with Crippen LogP contribution < -0.4 is 5.32 Å². The second-order valence-corrected chi connectivity index (χ2v) is 6.19. The number of hydrogen-bond acceptors (Lipinski definition) is 3. The molecule has 0 spiro atoms. The lowest BCUT2D eigenvalue weighted by atomic mass is 9.90. The molecule has 1 unspecified atom stereocenters. The van der Waals surface area contributed by atoms with Crippen molar-refractivity contribution in [1.29, 1.82) is 0 Å². The maximum absolute atomic E-state index is 12.2. The maximum atomic E-state index is 12.2. The van der Waals surface area contributed by atoms with E-state index >= 15 is 0 Å². The van der Waals surface area contributed by atoms with Crippen molar-refractivity contribution in [2.45, 2.75) is 32.4 Å². The van der Waals surface area contributed by atoms with Gasteiger partial charge in [-0.1, -0.05) is 18.2 Å². The van der Waals surface area contributed by atoms with Gasteiger partial charge < -0.3 is 14.6 Å². The number of carbonyl (C=O) groups excluding carboxylic acids is 2. The number of fused-ring (bicyclic) bond motifs is 1. The zero-order valence-corrected chi connectivity index (χ0v) is 12.8. The molecule has 1 aromatic carbocycles. The fraction of sp³-hybridized carbons (Fsp3) is 0.412. The molecule has 1 N–H and O–H groups in total. The Kier molecular flexibility index (Phi) is 3.64. The van der Waals surface area contributed by atoms with Crippen molar-refractivity contribution in [3.63, 3.8) is 0 Å². The van der Waals surface area contributed by atoms with Gasteiger partial charge in [-0.3, -0.25) is 9.59 Å². The van der Waals surface area contributed by atoms with Crippen LogP contribution in [0.15, 0.2) is 36.5 Å². The first-order valence-corrected chi connectivity index (χ1v) is 7.51. The lowest BCUT2D eigenvalue weighted by molar-refractivity contribution is -0.147. The van der Waals surface area contributed by atoms with E-state index in [0.29, 0.717) is 13.1 Å². The Labute approximate surface area is 129 Å². The molecule has 1 aromatic heterocycles. The van der Waals surface area contributed by atoms with E-state index in [1.165, 1.54) is 5.39 Å². The number of cyclic esters (lactones) is 1. The van der Waals surface area contributed by atoms with Gasteiger partial charge in [-0.25, -0.2) is 0 Å². The summed E-state index contributed by atoms with van der Waals surface area (Å²) in [4.78, 5) is 23.6. The summed E-state index contributed by atoms with van der Waals surface area (Å²) in [5, 5.41) is 4.10. The third-order valence-corrected chi connectivity index (χ3v) is 4.24. The van der Waals surface area contributed by atoms with Gasteiger partial charge in [-0.2, -0.15) is 0 Å². The van der Waals surface area contributed by atoms with Crippen LogP contribution in [-0.2, 0) is 20.9 Å². The van der Waals surface area contributed by atoms with E-state index in [1.54, 1.807) is 13.8 Å². The highest BCUT2D eigenvalue weighted by Crippen LogP contribution is 2.32. The molecule has 1 aliphatic rings. The van der Waals surface area contributed by atoms with Crippen molar-refractivity contribution in [1.82, 2.24) is 9.88 Å². The van der Waals surface area contributed by atoms with Crippen LogP contribution in [0.25, 0.3) is 10.9 Å². The Bertz CT molecular complexity index is 718. The number of hydrogen-bond donors (Lipinski definition) is 1. The summed E-state index contributed by atoms with van der Waals surface area (Å²) in [7, 11) is 0. The molecular weight excluding hydrogens is 280 g/mol. The van der Waals surface area contributed by atoms with Crippen LogP contribution in [0.2, 0.25) is 0 Å². The molecule has 5 nitrogen and oxygen atoms in total. The molecular formula is C17H20N2O3. The van der Waals surface area contributed by atoms with Crippen molar-refractivity contribution in [2.24, 2.45) is 5.92 Å². The van der Waals surface area contributed by atoms with E-state index in [2.05, 4.69) is 28.1 Å². The Morgan fingerprint density at radius 3 is 2.86 bits per heavy atom. The second kappa shape index (κ2) is 5.48. The molecule has 3 rings (SSSR count). The molecule has 5 heteroatoms. The summed E-state index contributed by atoms with van der Waals surface area (Å²) in [6.45, 7) is 4.78. The van der Waals surface area contributed by atoms with E-state index in [-0.39, 0.29) is 18.3 Å². The van der Waals surface area contributed by atoms with Gasteiger partial charge in [0.25, 0.3) is 0 Å². The van der Waals surface area contributed by atoms with Crippen molar-refractivity contribution in [2.75, 3.05) is 6.54 Å². The second-order valence-electron chi connectivity index (χ2n) is 6.19. The van der Waals surface area contributed by atoms with Crippen molar-refractivity contribution >= 4 is 22.8 Å². The van der Waals surface area contributed by atoms with Gasteiger partial charge >= 0.3 is 5.97 Å². The maximum Gasteiger partial charge on any atom is 0.307 e. The topological polar surface area (TPSA) is 60.3 Å². The van der Waals surface area contributed by atoms with Gasteiger partial charge in [-0.15, -0.1) is 0 Å². The van der Waals surface area contributed by atoms with E-state index in [4.69, 9.17) is 4.74 Å². The van der Waals surface area contributed by atoms with Crippen LogP contribution in [0.4, 0.5) is 0 Å². The van der Waals surface area contributed by atoms with Crippen molar-refractivity contribution < 1.29 is 14.3 Å². The van der Waals surface area contributed by atoms with Crippen LogP contribution >= 0.6 is 0 Å². The molecule has 22 heavy (non-hydrogen) atoms. The lowest BCUT2D eigenvalue weighted by Crippen LogP contribution is -2.41. The van der Waals surface area contributed by atoms with E-state index in [0.717, 1.165) is 5.52 Å².